The van der Waals surface area contributed by atoms with Crippen molar-refractivity contribution in [3.63, 3.8) is 0 Å². The molecule has 0 bridgehead atoms. The average molecular weight is 250 g/mol. The molecule has 0 aliphatic carbocycles. The molecule has 2 aromatic rings. The molecule has 0 aliphatic heterocycles. The minimum Gasteiger partial charge on any atom is -0.496 e. The van der Waals surface area contributed by atoms with Crippen molar-refractivity contribution < 1.29 is 4.74 Å². The highest BCUT2D eigenvalue weighted by atomic mass is 35.5. The van der Waals surface area contributed by atoms with E-state index in [4.69, 9.17) is 16.3 Å². The largest absolute Gasteiger partial charge is 0.496 e. The van der Waals surface area contributed by atoms with Gasteiger partial charge in [-0.15, -0.1) is 0 Å². The first kappa shape index (κ1) is 12.2. The number of rotatable bonds is 1. The lowest BCUT2D eigenvalue weighted by Crippen LogP contribution is -2.12. The van der Waals surface area contributed by atoms with Gasteiger partial charge in [0.1, 0.15) is 10.9 Å². The van der Waals surface area contributed by atoms with Crippen LogP contribution >= 0.6 is 11.6 Å². The summed E-state index contributed by atoms with van der Waals surface area (Å²) >= 11 is 6.12. The van der Waals surface area contributed by atoms with Gasteiger partial charge < -0.3 is 4.74 Å². The number of hydrogen-bond acceptors (Lipinski definition) is 2. The van der Waals surface area contributed by atoms with Crippen molar-refractivity contribution >= 4 is 22.4 Å². The molecule has 0 atom stereocenters. The van der Waals surface area contributed by atoms with Crippen LogP contribution in [0.5, 0.6) is 5.75 Å². The predicted molar refractivity (Wildman–Crippen MR) is 72.0 cm³/mol. The number of aromatic nitrogens is 1. The molecule has 1 heterocycles. The summed E-state index contributed by atoms with van der Waals surface area (Å²) in [6, 6.07) is 6.03. The molecular weight excluding hydrogens is 234 g/mol. The fourth-order valence-corrected chi connectivity index (χ4v) is 2.14. The summed E-state index contributed by atoms with van der Waals surface area (Å²) in [4.78, 5) is 4.11. The number of fused-ring (bicyclic) bond motifs is 1. The van der Waals surface area contributed by atoms with Gasteiger partial charge in [-0.05, 0) is 29.0 Å². The minimum atomic E-state index is 0.0126. The van der Waals surface area contributed by atoms with E-state index in [0.29, 0.717) is 5.15 Å². The van der Waals surface area contributed by atoms with E-state index >= 15 is 0 Å². The second kappa shape index (κ2) is 4.19. The predicted octanol–water partition coefficient (Wildman–Crippen LogP) is 4.19. The smallest absolute Gasteiger partial charge is 0.136 e. The second-order valence-corrected chi connectivity index (χ2v) is 5.48. The summed E-state index contributed by atoms with van der Waals surface area (Å²) in [5.74, 6) is 0.896. The fourth-order valence-electron chi connectivity index (χ4n) is 1.92. The van der Waals surface area contributed by atoms with E-state index in [1.165, 1.54) is 0 Å². The molecule has 90 valence electrons. The van der Waals surface area contributed by atoms with Crippen LogP contribution < -0.4 is 4.74 Å². The summed E-state index contributed by atoms with van der Waals surface area (Å²) in [7, 11) is 1.69. The van der Waals surface area contributed by atoms with Crippen LogP contribution in [0.1, 0.15) is 26.3 Å². The number of benzene rings is 1. The maximum Gasteiger partial charge on any atom is 0.136 e. The van der Waals surface area contributed by atoms with Gasteiger partial charge >= 0.3 is 0 Å². The number of nitrogens with zero attached hydrogens (tertiary/aromatic N) is 1. The number of ether oxygens (including phenoxy) is 1. The number of halogens is 1. The maximum atomic E-state index is 6.12. The van der Waals surface area contributed by atoms with E-state index in [1.807, 2.05) is 12.1 Å². The highest BCUT2D eigenvalue weighted by Gasteiger charge is 2.20. The van der Waals surface area contributed by atoms with Crippen molar-refractivity contribution in [1.29, 1.82) is 0 Å². The van der Waals surface area contributed by atoms with Crippen molar-refractivity contribution in [2.45, 2.75) is 26.2 Å². The first-order valence-corrected chi connectivity index (χ1v) is 5.94. The Bertz CT molecular complexity index is 558. The van der Waals surface area contributed by atoms with Crippen LogP contribution in [0.3, 0.4) is 0 Å². The van der Waals surface area contributed by atoms with Crippen molar-refractivity contribution in [1.82, 2.24) is 4.98 Å². The molecule has 0 saturated carbocycles. The summed E-state index contributed by atoms with van der Waals surface area (Å²) < 4.78 is 5.46. The third-order valence-electron chi connectivity index (χ3n) is 2.84. The first-order chi connectivity index (χ1) is 7.93. The van der Waals surface area contributed by atoms with Gasteiger partial charge in [0.15, 0.2) is 0 Å². The summed E-state index contributed by atoms with van der Waals surface area (Å²) in [6.45, 7) is 6.46. The van der Waals surface area contributed by atoms with Crippen LogP contribution in [-0.2, 0) is 5.41 Å². The third kappa shape index (κ3) is 2.22. The first-order valence-electron chi connectivity index (χ1n) is 5.56. The molecule has 0 amide bonds. The highest BCUT2D eigenvalue weighted by molar-refractivity contribution is 6.34. The summed E-state index contributed by atoms with van der Waals surface area (Å²) in [6.07, 6.45) is 1.71. The van der Waals surface area contributed by atoms with E-state index in [1.54, 1.807) is 13.3 Å². The van der Waals surface area contributed by atoms with E-state index in [0.717, 1.165) is 22.1 Å². The van der Waals surface area contributed by atoms with Gasteiger partial charge in [0.25, 0.3) is 0 Å². The minimum absolute atomic E-state index is 0.0126. The second-order valence-electron chi connectivity index (χ2n) is 5.13. The molecule has 2 nitrogen and oxygen atoms in total. The van der Waals surface area contributed by atoms with E-state index in [2.05, 4.69) is 31.8 Å². The molecule has 1 aromatic heterocycles. The lowest BCUT2D eigenvalue weighted by molar-refractivity contribution is 0.398. The standard InChI is InChI=1S/C14H16ClNO/c1-14(2,3)11-8-10-9(7-12(11)17-4)5-6-16-13(10)15/h5-8H,1-4H3. The van der Waals surface area contributed by atoms with Crippen molar-refractivity contribution in [3.05, 3.63) is 35.1 Å². The van der Waals surface area contributed by atoms with Gasteiger partial charge in [-0.25, -0.2) is 4.98 Å². The summed E-state index contributed by atoms with van der Waals surface area (Å²) in [5, 5.41) is 2.56. The van der Waals surface area contributed by atoms with Gasteiger partial charge in [0.2, 0.25) is 0 Å². The van der Waals surface area contributed by atoms with Gasteiger partial charge in [0, 0.05) is 17.1 Å². The molecule has 0 spiro atoms. The molecule has 0 fully saturated rings. The van der Waals surface area contributed by atoms with E-state index in [-0.39, 0.29) is 5.41 Å². The Kier molecular flexibility index (Phi) is 3.00. The zero-order chi connectivity index (χ0) is 12.6. The molecule has 2 rings (SSSR count). The highest BCUT2D eigenvalue weighted by Crippen LogP contribution is 2.36. The quantitative estimate of drug-likeness (QED) is 0.707. The van der Waals surface area contributed by atoms with Crippen molar-refractivity contribution in [2.24, 2.45) is 0 Å². The summed E-state index contributed by atoms with van der Waals surface area (Å²) in [5.41, 5.74) is 1.15. The monoisotopic (exact) mass is 249 g/mol. The van der Waals surface area contributed by atoms with E-state index in [9.17, 15) is 0 Å². The molecule has 0 radical (unpaired) electrons. The number of pyridine rings is 1. The van der Waals surface area contributed by atoms with Crippen molar-refractivity contribution in [2.75, 3.05) is 7.11 Å². The van der Waals surface area contributed by atoms with Crippen LogP contribution in [0, 0.1) is 0 Å². The van der Waals surface area contributed by atoms with Gasteiger partial charge in [-0.1, -0.05) is 32.4 Å². The Labute approximate surface area is 107 Å². The molecular formula is C14H16ClNO. The fraction of sp³-hybridized carbons (Fsp3) is 0.357. The van der Waals surface area contributed by atoms with Crippen molar-refractivity contribution in [3.8, 4) is 5.75 Å². The molecule has 0 unspecified atom stereocenters. The Morgan fingerprint density at radius 3 is 2.53 bits per heavy atom. The molecule has 0 saturated heterocycles. The Morgan fingerprint density at radius 2 is 1.94 bits per heavy atom. The normalized spacial score (nSPS) is 11.8. The van der Waals surface area contributed by atoms with Crippen LogP contribution in [0.25, 0.3) is 10.8 Å². The van der Waals surface area contributed by atoms with Crippen LogP contribution in [-0.4, -0.2) is 12.1 Å². The van der Waals surface area contributed by atoms with Gasteiger partial charge in [-0.3, -0.25) is 0 Å². The third-order valence-corrected chi connectivity index (χ3v) is 3.15. The zero-order valence-corrected chi connectivity index (χ0v) is 11.3. The molecule has 17 heavy (non-hydrogen) atoms. The Morgan fingerprint density at radius 1 is 1.24 bits per heavy atom. The van der Waals surface area contributed by atoms with Gasteiger partial charge in [0.05, 0.1) is 7.11 Å². The SMILES string of the molecule is COc1cc2ccnc(Cl)c2cc1C(C)(C)C. The molecule has 1 aromatic carbocycles. The van der Waals surface area contributed by atoms with Gasteiger partial charge in [-0.2, -0.15) is 0 Å². The number of hydrogen-bond donors (Lipinski definition) is 0. The number of methoxy groups -OCH3 is 1. The zero-order valence-electron chi connectivity index (χ0n) is 10.5. The van der Waals surface area contributed by atoms with Crippen LogP contribution in [0.2, 0.25) is 5.15 Å². The lowest BCUT2D eigenvalue weighted by atomic mass is 9.85. The Hall–Kier alpha value is -1.28. The van der Waals surface area contributed by atoms with Crippen LogP contribution in [0.15, 0.2) is 24.4 Å². The molecule has 3 heteroatoms. The van der Waals surface area contributed by atoms with Crippen LogP contribution in [0.4, 0.5) is 0 Å². The molecule has 0 aliphatic rings. The Balaban J connectivity index is 2.79. The lowest BCUT2D eigenvalue weighted by Gasteiger charge is -2.22. The topological polar surface area (TPSA) is 22.1 Å². The average Bonchev–Trinajstić information content (AvgIpc) is 2.26. The maximum absolute atomic E-state index is 6.12. The molecule has 0 N–H and O–H groups in total. The van der Waals surface area contributed by atoms with E-state index < -0.39 is 0 Å².